The van der Waals surface area contributed by atoms with Crippen molar-refractivity contribution in [2.75, 3.05) is 11.4 Å². The van der Waals surface area contributed by atoms with Crippen LogP contribution in [0.3, 0.4) is 0 Å². The van der Waals surface area contributed by atoms with E-state index in [0.29, 0.717) is 12.2 Å². The number of aryl methyl sites for hydroxylation is 1. The molecule has 4 heterocycles. The Labute approximate surface area is 170 Å². The standard InChI is InChI=1S/C22H18F2N4S/c1-13-21(27-22(29-13)18-7-2-3-9-25-18)28-10-8-17-14(12-28)11-19(26-17)20-15(23)5-4-6-16(20)24/h2-7,9,11,26H,8,10,12H2,1H3. The fourth-order valence-electron chi connectivity index (χ4n) is 3.79. The molecule has 0 unspecified atom stereocenters. The molecule has 0 fully saturated rings. The molecule has 1 aromatic carbocycles. The largest absolute Gasteiger partial charge is 0.358 e. The molecule has 5 rings (SSSR count). The summed E-state index contributed by atoms with van der Waals surface area (Å²) in [5.41, 5.74) is 3.41. The fourth-order valence-corrected chi connectivity index (χ4v) is 4.70. The van der Waals surface area contributed by atoms with E-state index in [4.69, 9.17) is 4.98 Å². The number of fused-ring (bicyclic) bond motifs is 1. The molecule has 0 saturated carbocycles. The monoisotopic (exact) mass is 408 g/mol. The number of benzene rings is 1. The average molecular weight is 408 g/mol. The second kappa shape index (κ2) is 7.08. The Kier molecular flexibility index (Phi) is 4.39. The number of nitrogens with one attached hydrogen (secondary N) is 1. The molecule has 0 amide bonds. The van der Waals surface area contributed by atoms with Gasteiger partial charge in [0.05, 0.1) is 17.0 Å². The summed E-state index contributed by atoms with van der Waals surface area (Å²) in [5, 5.41) is 0.895. The number of pyridine rings is 1. The first kappa shape index (κ1) is 18.0. The van der Waals surface area contributed by atoms with Crippen molar-refractivity contribution >= 4 is 17.2 Å². The van der Waals surface area contributed by atoms with Gasteiger partial charge in [0.15, 0.2) is 0 Å². The summed E-state index contributed by atoms with van der Waals surface area (Å²) in [7, 11) is 0. The van der Waals surface area contributed by atoms with Gasteiger partial charge in [-0.25, -0.2) is 13.8 Å². The van der Waals surface area contributed by atoms with Gasteiger partial charge < -0.3 is 9.88 Å². The summed E-state index contributed by atoms with van der Waals surface area (Å²) in [6, 6.07) is 11.6. The molecule has 1 N–H and O–H groups in total. The van der Waals surface area contributed by atoms with E-state index in [1.165, 1.54) is 18.2 Å². The molecule has 4 nitrogen and oxygen atoms in total. The van der Waals surface area contributed by atoms with Crippen LogP contribution in [0.25, 0.3) is 22.0 Å². The van der Waals surface area contributed by atoms with Crippen molar-refractivity contribution in [3.63, 3.8) is 0 Å². The van der Waals surface area contributed by atoms with Crippen molar-refractivity contribution < 1.29 is 8.78 Å². The van der Waals surface area contributed by atoms with Crippen LogP contribution in [0, 0.1) is 18.6 Å². The Bertz CT molecular complexity index is 1160. The lowest BCUT2D eigenvalue weighted by molar-refractivity contribution is 0.589. The Morgan fingerprint density at radius 2 is 1.93 bits per heavy atom. The average Bonchev–Trinajstić information content (AvgIpc) is 3.31. The van der Waals surface area contributed by atoms with Gasteiger partial charge in [0.25, 0.3) is 0 Å². The van der Waals surface area contributed by atoms with E-state index in [1.807, 2.05) is 24.3 Å². The van der Waals surface area contributed by atoms with E-state index < -0.39 is 11.6 Å². The molecule has 0 aliphatic carbocycles. The van der Waals surface area contributed by atoms with Gasteiger partial charge in [-0.1, -0.05) is 12.1 Å². The van der Waals surface area contributed by atoms with Crippen molar-refractivity contribution in [1.29, 1.82) is 0 Å². The highest BCUT2D eigenvalue weighted by atomic mass is 32.1. The molecule has 1 aliphatic rings. The first-order valence-corrected chi connectivity index (χ1v) is 10.2. The van der Waals surface area contributed by atoms with Gasteiger partial charge in [0.1, 0.15) is 22.5 Å². The normalized spacial score (nSPS) is 13.6. The lowest BCUT2D eigenvalue weighted by Gasteiger charge is -2.27. The fraction of sp³-hybridized carbons (Fsp3) is 0.182. The molecular weight excluding hydrogens is 390 g/mol. The van der Waals surface area contributed by atoms with Crippen molar-refractivity contribution in [2.45, 2.75) is 19.9 Å². The molecule has 7 heteroatoms. The minimum absolute atomic E-state index is 0.00396. The van der Waals surface area contributed by atoms with Crippen molar-refractivity contribution in [1.82, 2.24) is 15.0 Å². The number of rotatable bonds is 3. The van der Waals surface area contributed by atoms with Crippen LogP contribution < -0.4 is 4.90 Å². The summed E-state index contributed by atoms with van der Waals surface area (Å²) >= 11 is 1.63. The zero-order chi connectivity index (χ0) is 20.0. The van der Waals surface area contributed by atoms with Crippen LogP contribution in [0.15, 0.2) is 48.7 Å². The molecule has 0 saturated heterocycles. The third-order valence-electron chi connectivity index (χ3n) is 5.17. The molecule has 0 bridgehead atoms. The second-order valence-corrected chi connectivity index (χ2v) is 8.27. The van der Waals surface area contributed by atoms with Crippen LogP contribution in [0.5, 0.6) is 0 Å². The van der Waals surface area contributed by atoms with E-state index in [2.05, 4.69) is 21.8 Å². The predicted octanol–water partition coefficient (Wildman–Crippen LogP) is 5.35. The highest BCUT2D eigenvalue weighted by molar-refractivity contribution is 7.15. The quantitative estimate of drug-likeness (QED) is 0.497. The van der Waals surface area contributed by atoms with Crippen molar-refractivity contribution in [3.05, 3.63) is 76.4 Å². The summed E-state index contributed by atoms with van der Waals surface area (Å²) in [4.78, 5) is 15.8. The Morgan fingerprint density at radius 3 is 2.69 bits per heavy atom. The van der Waals surface area contributed by atoms with Crippen molar-refractivity contribution in [3.8, 4) is 22.0 Å². The summed E-state index contributed by atoms with van der Waals surface area (Å²) < 4.78 is 28.3. The first-order chi connectivity index (χ1) is 14.1. The second-order valence-electron chi connectivity index (χ2n) is 7.07. The van der Waals surface area contributed by atoms with Gasteiger partial charge in [0, 0.05) is 36.3 Å². The topological polar surface area (TPSA) is 44.8 Å². The molecule has 3 aromatic heterocycles. The van der Waals surface area contributed by atoms with Crippen LogP contribution in [-0.4, -0.2) is 21.5 Å². The molecule has 0 spiro atoms. The van der Waals surface area contributed by atoms with Crippen LogP contribution in [-0.2, 0) is 13.0 Å². The van der Waals surface area contributed by atoms with Crippen molar-refractivity contribution in [2.24, 2.45) is 0 Å². The molecular formula is C22H18F2N4S. The number of thiazole rings is 1. The predicted molar refractivity (Wildman–Crippen MR) is 111 cm³/mol. The number of halogens is 2. The molecule has 0 radical (unpaired) electrons. The molecule has 1 aliphatic heterocycles. The maximum absolute atomic E-state index is 14.2. The molecule has 146 valence electrons. The SMILES string of the molecule is Cc1sc(-c2ccccn2)nc1N1CCc2[nH]c(-c3c(F)cccc3F)cc2C1. The summed E-state index contributed by atoms with van der Waals surface area (Å²) in [5.74, 6) is -0.173. The van der Waals surface area contributed by atoms with E-state index >= 15 is 0 Å². The van der Waals surface area contributed by atoms with Crippen LogP contribution in [0.1, 0.15) is 16.1 Å². The number of aromatic nitrogens is 3. The zero-order valence-corrected chi connectivity index (χ0v) is 16.6. The van der Waals surface area contributed by atoms with Crippen LogP contribution >= 0.6 is 11.3 Å². The Hall–Kier alpha value is -3.06. The minimum Gasteiger partial charge on any atom is -0.358 e. The van der Waals surface area contributed by atoms with Gasteiger partial charge in [-0.2, -0.15) is 0 Å². The molecule has 29 heavy (non-hydrogen) atoms. The van der Waals surface area contributed by atoms with Gasteiger partial charge >= 0.3 is 0 Å². The van der Waals surface area contributed by atoms with Gasteiger partial charge in [-0.3, -0.25) is 4.98 Å². The van der Waals surface area contributed by atoms with E-state index in [-0.39, 0.29) is 5.56 Å². The van der Waals surface area contributed by atoms with E-state index in [1.54, 1.807) is 17.5 Å². The van der Waals surface area contributed by atoms with Gasteiger partial charge in [-0.05, 0) is 42.8 Å². The van der Waals surface area contributed by atoms with Crippen LogP contribution in [0.4, 0.5) is 14.6 Å². The summed E-state index contributed by atoms with van der Waals surface area (Å²) in [6.07, 6.45) is 2.53. The highest BCUT2D eigenvalue weighted by Crippen LogP contribution is 2.35. The zero-order valence-electron chi connectivity index (χ0n) is 15.7. The number of hydrogen-bond acceptors (Lipinski definition) is 4. The number of nitrogens with zero attached hydrogens (tertiary/aromatic N) is 3. The Morgan fingerprint density at radius 1 is 1.10 bits per heavy atom. The number of aromatic amines is 1. The lowest BCUT2D eigenvalue weighted by atomic mass is 10.1. The Balaban J connectivity index is 1.45. The number of hydrogen-bond donors (Lipinski definition) is 1. The summed E-state index contributed by atoms with van der Waals surface area (Å²) in [6.45, 7) is 3.50. The van der Waals surface area contributed by atoms with E-state index in [0.717, 1.165) is 45.6 Å². The highest BCUT2D eigenvalue weighted by Gasteiger charge is 2.24. The van der Waals surface area contributed by atoms with E-state index in [9.17, 15) is 8.78 Å². The lowest BCUT2D eigenvalue weighted by Crippen LogP contribution is -2.30. The maximum atomic E-state index is 14.2. The maximum Gasteiger partial charge on any atom is 0.144 e. The van der Waals surface area contributed by atoms with Gasteiger partial charge in [0.2, 0.25) is 0 Å². The van der Waals surface area contributed by atoms with Gasteiger partial charge in [-0.15, -0.1) is 11.3 Å². The third-order valence-corrected chi connectivity index (χ3v) is 6.15. The number of anilines is 1. The molecule has 0 atom stereocenters. The van der Waals surface area contributed by atoms with Crippen LogP contribution in [0.2, 0.25) is 0 Å². The first-order valence-electron chi connectivity index (χ1n) is 9.39. The third kappa shape index (κ3) is 3.21. The minimum atomic E-state index is -0.559. The number of H-pyrrole nitrogens is 1. The smallest absolute Gasteiger partial charge is 0.144 e. The molecule has 4 aromatic rings.